The molecule has 9 heteroatoms. The predicted octanol–water partition coefficient (Wildman–Crippen LogP) is 2.49. The van der Waals surface area contributed by atoms with Crippen molar-refractivity contribution in [1.29, 1.82) is 0 Å². The molecule has 0 unspecified atom stereocenters. The number of fused-ring (bicyclic) bond motifs is 1. The monoisotopic (exact) mass is 425 g/mol. The highest BCUT2D eigenvalue weighted by atomic mass is 32.2. The third-order valence-corrected chi connectivity index (χ3v) is 6.33. The van der Waals surface area contributed by atoms with Gasteiger partial charge in [-0.05, 0) is 66.6 Å². The average Bonchev–Trinajstić information content (AvgIpc) is 3.52. The summed E-state index contributed by atoms with van der Waals surface area (Å²) in [7, 11) is 0. The van der Waals surface area contributed by atoms with Gasteiger partial charge in [-0.1, -0.05) is 23.9 Å². The van der Waals surface area contributed by atoms with Crippen LogP contribution in [-0.4, -0.2) is 34.4 Å². The second-order valence-electron chi connectivity index (χ2n) is 7.38. The van der Waals surface area contributed by atoms with E-state index < -0.39 is 5.97 Å². The maximum Gasteiger partial charge on any atom is 0.335 e. The molecule has 5 N–H and O–H groups in total. The van der Waals surface area contributed by atoms with E-state index >= 15 is 0 Å². The van der Waals surface area contributed by atoms with Crippen LogP contribution in [0, 0.1) is 0 Å². The number of anilines is 2. The fraction of sp³-hybridized carbons (Fsp3) is 0.286. The van der Waals surface area contributed by atoms with Crippen LogP contribution in [0.1, 0.15) is 40.2 Å². The van der Waals surface area contributed by atoms with Crippen LogP contribution in [0.15, 0.2) is 47.6 Å². The van der Waals surface area contributed by atoms with Crippen LogP contribution in [0.25, 0.3) is 0 Å². The molecule has 1 aliphatic heterocycles. The van der Waals surface area contributed by atoms with E-state index in [0.717, 1.165) is 23.9 Å². The molecule has 2 aromatic carbocycles. The van der Waals surface area contributed by atoms with E-state index in [9.17, 15) is 9.59 Å². The molecule has 4 rings (SSSR count). The number of hydrazone groups is 1. The average molecular weight is 426 g/mol. The van der Waals surface area contributed by atoms with Gasteiger partial charge >= 0.3 is 5.97 Å². The molecule has 1 aliphatic carbocycles. The quantitative estimate of drug-likeness (QED) is 0.291. The Hall–Kier alpha value is -3.04. The number of benzene rings is 2. The van der Waals surface area contributed by atoms with Crippen LogP contribution in [0.3, 0.4) is 0 Å². The standard InChI is InChI=1S/C21H23N5O3S/c22-24-21(26(23)17-6-3-14(4-7-17)20(28)29)30-12-19(27)25-10-9-16-11-15(13-1-2-13)5-8-18(16)25/h3-8,11,13H,1-2,9-10,12,22-23H2,(H,28,29)/b24-21+. The van der Waals surface area contributed by atoms with E-state index in [1.807, 2.05) is 0 Å². The number of amidine groups is 1. The van der Waals surface area contributed by atoms with Gasteiger partial charge < -0.3 is 15.8 Å². The van der Waals surface area contributed by atoms with Crippen LogP contribution < -0.4 is 21.6 Å². The van der Waals surface area contributed by atoms with Crippen molar-refractivity contribution in [3.63, 3.8) is 0 Å². The molecule has 1 saturated carbocycles. The first-order valence-electron chi connectivity index (χ1n) is 9.70. The second kappa shape index (κ2) is 8.37. The number of rotatable bonds is 5. The molecule has 156 valence electrons. The number of hydrogen-bond donors (Lipinski definition) is 3. The van der Waals surface area contributed by atoms with Gasteiger partial charge in [-0.15, -0.1) is 0 Å². The summed E-state index contributed by atoms with van der Waals surface area (Å²) in [6, 6.07) is 12.4. The summed E-state index contributed by atoms with van der Waals surface area (Å²) in [5.74, 6) is 11.3. The van der Waals surface area contributed by atoms with E-state index in [4.69, 9.17) is 16.8 Å². The van der Waals surface area contributed by atoms with Crippen molar-refractivity contribution < 1.29 is 14.7 Å². The Morgan fingerprint density at radius 1 is 1.20 bits per heavy atom. The SMILES string of the molecule is N/N=C(/SCC(=O)N1CCc2cc(C3CC3)ccc21)N(N)c1ccc(C(=O)O)cc1. The van der Waals surface area contributed by atoms with Crippen LogP contribution in [0.2, 0.25) is 0 Å². The van der Waals surface area contributed by atoms with E-state index in [2.05, 4.69) is 23.3 Å². The minimum atomic E-state index is -1.02. The molecule has 1 amide bonds. The maximum atomic E-state index is 12.8. The van der Waals surface area contributed by atoms with Gasteiger partial charge in [0.1, 0.15) is 0 Å². The van der Waals surface area contributed by atoms with Gasteiger partial charge in [-0.25, -0.2) is 10.6 Å². The lowest BCUT2D eigenvalue weighted by molar-refractivity contribution is -0.116. The van der Waals surface area contributed by atoms with Crippen LogP contribution in [0.4, 0.5) is 11.4 Å². The Bertz CT molecular complexity index is 1000. The lowest BCUT2D eigenvalue weighted by Gasteiger charge is -2.21. The van der Waals surface area contributed by atoms with Crippen molar-refractivity contribution >= 4 is 40.2 Å². The highest BCUT2D eigenvalue weighted by Gasteiger charge is 2.29. The third-order valence-electron chi connectivity index (χ3n) is 5.38. The zero-order valence-electron chi connectivity index (χ0n) is 16.3. The minimum Gasteiger partial charge on any atom is -0.478 e. The Kier molecular flexibility index (Phi) is 5.65. The molecular weight excluding hydrogens is 402 g/mol. The Balaban J connectivity index is 1.39. The van der Waals surface area contributed by atoms with E-state index in [0.29, 0.717) is 18.2 Å². The largest absolute Gasteiger partial charge is 0.478 e. The summed E-state index contributed by atoms with van der Waals surface area (Å²) < 4.78 is 0. The minimum absolute atomic E-state index is 0.0336. The Morgan fingerprint density at radius 3 is 2.57 bits per heavy atom. The third kappa shape index (κ3) is 4.12. The Labute approximate surface area is 178 Å². The van der Waals surface area contributed by atoms with Gasteiger partial charge in [0.2, 0.25) is 11.1 Å². The van der Waals surface area contributed by atoms with Crippen molar-refractivity contribution in [3.05, 3.63) is 59.2 Å². The van der Waals surface area contributed by atoms with Crippen LogP contribution >= 0.6 is 11.8 Å². The molecule has 0 radical (unpaired) electrons. The van der Waals surface area contributed by atoms with Crippen molar-refractivity contribution in [1.82, 2.24) is 0 Å². The molecule has 30 heavy (non-hydrogen) atoms. The van der Waals surface area contributed by atoms with Gasteiger partial charge in [-0.3, -0.25) is 9.80 Å². The van der Waals surface area contributed by atoms with Gasteiger partial charge in [0, 0.05) is 12.2 Å². The van der Waals surface area contributed by atoms with Gasteiger partial charge in [-0.2, -0.15) is 5.10 Å². The highest BCUT2D eigenvalue weighted by molar-refractivity contribution is 8.14. The zero-order chi connectivity index (χ0) is 21.3. The smallest absolute Gasteiger partial charge is 0.335 e. The topological polar surface area (TPSA) is 125 Å². The molecular formula is C21H23N5O3S. The summed E-state index contributed by atoms with van der Waals surface area (Å²) in [5.41, 5.74) is 4.25. The number of hydrogen-bond acceptors (Lipinski definition) is 6. The summed E-state index contributed by atoms with van der Waals surface area (Å²) in [6.45, 7) is 0.668. The zero-order valence-corrected chi connectivity index (χ0v) is 17.1. The maximum absolute atomic E-state index is 12.8. The molecule has 0 saturated heterocycles. The number of carboxylic acid groups (broad SMARTS) is 1. The Morgan fingerprint density at radius 2 is 1.93 bits per heavy atom. The van der Waals surface area contributed by atoms with Crippen LogP contribution in [-0.2, 0) is 11.2 Å². The number of nitrogens with two attached hydrogens (primary N) is 2. The lowest BCUT2D eigenvalue weighted by Crippen LogP contribution is -2.38. The number of carbonyl (C=O) groups is 2. The van der Waals surface area contributed by atoms with Gasteiger partial charge in [0.05, 0.1) is 17.0 Å². The van der Waals surface area contributed by atoms with E-state index in [1.54, 1.807) is 17.0 Å². The van der Waals surface area contributed by atoms with Crippen molar-refractivity contribution in [2.24, 2.45) is 16.8 Å². The molecule has 0 bridgehead atoms. The fourth-order valence-electron chi connectivity index (χ4n) is 3.60. The highest BCUT2D eigenvalue weighted by Crippen LogP contribution is 2.42. The first-order chi connectivity index (χ1) is 14.5. The molecule has 0 aromatic heterocycles. The predicted molar refractivity (Wildman–Crippen MR) is 119 cm³/mol. The summed E-state index contributed by atoms with van der Waals surface area (Å²) in [4.78, 5) is 25.6. The molecule has 0 atom stereocenters. The van der Waals surface area contributed by atoms with Crippen molar-refractivity contribution in [2.75, 3.05) is 22.2 Å². The second-order valence-corrected chi connectivity index (χ2v) is 8.32. The van der Waals surface area contributed by atoms with Crippen LogP contribution in [0.5, 0.6) is 0 Å². The van der Waals surface area contributed by atoms with E-state index in [1.165, 1.54) is 41.1 Å². The first kappa shape index (κ1) is 20.2. The number of carboxylic acids is 1. The van der Waals surface area contributed by atoms with Crippen molar-refractivity contribution in [3.8, 4) is 0 Å². The van der Waals surface area contributed by atoms with E-state index in [-0.39, 0.29) is 22.4 Å². The molecule has 8 nitrogen and oxygen atoms in total. The summed E-state index contributed by atoms with van der Waals surface area (Å²) in [6.07, 6.45) is 3.38. The normalized spacial score (nSPS) is 15.8. The number of amides is 1. The van der Waals surface area contributed by atoms with Gasteiger partial charge in [0.15, 0.2) is 0 Å². The molecule has 1 fully saturated rings. The lowest BCUT2D eigenvalue weighted by atomic mass is 10.1. The number of nitrogens with zero attached hydrogens (tertiary/aromatic N) is 3. The first-order valence-corrected chi connectivity index (χ1v) is 10.7. The molecule has 0 spiro atoms. The number of carbonyl (C=O) groups excluding carboxylic acids is 1. The number of thioether (sulfide) groups is 1. The van der Waals surface area contributed by atoms with Crippen molar-refractivity contribution in [2.45, 2.75) is 25.2 Å². The van der Waals surface area contributed by atoms with Gasteiger partial charge in [0.25, 0.3) is 0 Å². The fourth-order valence-corrected chi connectivity index (χ4v) is 4.33. The summed E-state index contributed by atoms with van der Waals surface area (Å²) in [5, 5.41) is 14.2. The molecule has 2 aromatic rings. The number of hydrazine groups is 1. The number of aromatic carboxylic acids is 1. The summed E-state index contributed by atoms with van der Waals surface area (Å²) >= 11 is 1.14. The molecule has 1 heterocycles. The molecule has 2 aliphatic rings.